The molecule has 0 radical (unpaired) electrons. The number of anilines is 3. The van der Waals surface area contributed by atoms with Crippen LogP contribution in [0.1, 0.15) is 0 Å². The van der Waals surface area contributed by atoms with Crippen LogP contribution < -0.4 is 4.90 Å². The lowest BCUT2D eigenvalue weighted by molar-refractivity contribution is 0.669. The summed E-state index contributed by atoms with van der Waals surface area (Å²) in [6.07, 6.45) is 0. The maximum Gasteiger partial charge on any atom is 0.137 e. The first-order valence-corrected chi connectivity index (χ1v) is 17.7. The van der Waals surface area contributed by atoms with Gasteiger partial charge in [-0.05, 0) is 72.1 Å². The van der Waals surface area contributed by atoms with Crippen molar-refractivity contribution >= 4 is 103 Å². The number of furan rings is 1. The number of benzene rings is 8. The monoisotopic (exact) mass is 656 g/mol. The average Bonchev–Trinajstić information content (AvgIpc) is 3.85. The number of thiophene rings is 1. The van der Waals surface area contributed by atoms with Crippen molar-refractivity contribution in [3.8, 4) is 5.69 Å². The molecule has 11 rings (SSSR count). The number of aromatic nitrogens is 1. The van der Waals surface area contributed by atoms with E-state index in [9.17, 15) is 0 Å². The molecular formula is C46H28N2OS. The van der Waals surface area contributed by atoms with E-state index in [1.807, 2.05) is 23.5 Å². The van der Waals surface area contributed by atoms with Gasteiger partial charge in [-0.15, -0.1) is 11.3 Å². The summed E-state index contributed by atoms with van der Waals surface area (Å²) in [5.74, 6) is 0. The van der Waals surface area contributed by atoms with Crippen LogP contribution in [-0.2, 0) is 0 Å². The Kier molecular flexibility index (Phi) is 5.83. The second-order valence-electron chi connectivity index (χ2n) is 12.9. The molecule has 3 nitrogen and oxygen atoms in total. The van der Waals surface area contributed by atoms with Crippen LogP contribution >= 0.6 is 11.3 Å². The summed E-state index contributed by atoms with van der Waals surface area (Å²) in [5.41, 5.74) is 8.52. The Morgan fingerprint density at radius 1 is 0.460 bits per heavy atom. The number of hydrogen-bond donors (Lipinski definition) is 0. The highest BCUT2D eigenvalue weighted by Gasteiger charge is 2.22. The highest BCUT2D eigenvalue weighted by Crippen LogP contribution is 2.46. The van der Waals surface area contributed by atoms with Crippen molar-refractivity contribution in [2.75, 3.05) is 4.90 Å². The molecule has 8 aromatic carbocycles. The average molecular weight is 657 g/mol. The van der Waals surface area contributed by atoms with E-state index in [0.717, 1.165) is 50.2 Å². The second-order valence-corrected chi connectivity index (χ2v) is 14.0. The summed E-state index contributed by atoms with van der Waals surface area (Å²) in [4.78, 5) is 2.42. The lowest BCUT2D eigenvalue weighted by Gasteiger charge is -2.27. The number of fused-ring (bicyclic) bond motifs is 11. The van der Waals surface area contributed by atoms with E-state index in [2.05, 4.69) is 167 Å². The Morgan fingerprint density at radius 3 is 2.06 bits per heavy atom. The zero-order valence-electron chi connectivity index (χ0n) is 26.9. The first kappa shape index (κ1) is 27.6. The summed E-state index contributed by atoms with van der Waals surface area (Å²) in [6, 6.07) is 61.3. The van der Waals surface area contributed by atoms with Crippen LogP contribution in [0.3, 0.4) is 0 Å². The van der Waals surface area contributed by atoms with Gasteiger partial charge >= 0.3 is 0 Å². The molecule has 4 heteroatoms. The first-order chi connectivity index (χ1) is 24.8. The highest BCUT2D eigenvalue weighted by atomic mass is 32.1. The minimum atomic E-state index is 0.875. The van der Waals surface area contributed by atoms with E-state index < -0.39 is 0 Å². The zero-order chi connectivity index (χ0) is 32.8. The van der Waals surface area contributed by atoms with Gasteiger partial charge in [0.05, 0.1) is 16.7 Å². The Labute approximate surface area is 291 Å². The van der Waals surface area contributed by atoms with Crippen molar-refractivity contribution in [3.63, 3.8) is 0 Å². The molecular weight excluding hydrogens is 629 g/mol. The van der Waals surface area contributed by atoms with Crippen LogP contribution in [0, 0.1) is 0 Å². The minimum absolute atomic E-state index is 0.875. The predicted octanol–water partition coefficient (Wildman–Crippen LogP) is 13.7. The molecule has 0 amide bonds. The Balaban J connectivity index is 1.23. The minimum Gasteiger partial charge on any atom is -0.456 e. The van der Waals surface area contributed by atoms with Gasteiger partial charge in [0.15, 0.2) is 0 Å². The van der Waals surface area contributed by atoms with Gasteiger partial charge in [0.2, 0.25) is 0 Å². The van der Waals surface area contributed by atoms with Gasteiger partial charge in [-0.3, -0.25) is 0 Å². The fourth-order valence-electron chi connectivity index (χ4n) is 7.95. The SMILES string of the molecule is c1ccc(-n2c3ccccc3c3c(N(c4ccc5c(c4)oc4ccccc45)c4ccc5ccc6c7ccccc7sc6c5c4)cccc32)cc1. The molecule has 0 atom stereocenters. The Bertz CT molecular complexity index is 3110. The summed E-state index contributed by atoms with van der Waals surface area (Å²) < 4.78 is 11.5. The molecule has 0 aliphatic carbocycles. The maximum absolute atomic E-state index is 6.47. The van der Waals surface area contributed by atoms with E-state index in [-0.39, 0.29) is 0 Å². The van der Waals surface area contributed by atoms with Gasteiger partial charge in [-0.1, -0.05) is 97.1 Å². The molecule has 0 spiro atoms. The first-order valence-electron chi connectivity index (χ1n) is 16.9. The van der Waals surface area contributed by atoms with Crippen LogP contribution in [0.5, 0.6) is 0 Å². The van der Waals surface area contributed by atoms with Crippen molar-refractivity contribution in [2.45, 2.75) is 0 Å². The molecule has 50 heavy (non-hydrogen) atoms. The lowest BCUT2D eigenvalue weighted by Crippen LogP contribution is -2.10. The number of nitrogens with zero attached hydrogens (tertiary/aromatic N) is 2. The van der Waals surface area contributed by atoms with Gasteiger partial charge < -0.3 is 13.9 Å². The standard InChI is InChI=1S/C46H28N2OS/c1-2-11-30(12-3-1)48-39-16-7-4-15-37(39)45-40(17-10-18-41(45)48)47(32-24-26-34-33-13-5-8-19-42(33)49-43(34)28-32)31-23-21-29-22-25-36-35-14-6-9-20-44(35)50-46(36)38(29)27-31/h1-28H. The molecule has 0 fully saturated rings. The molecule has 0 aliphatic heterocycles. The van der Waals surface area contributed by atoms with Crippen molar-refractivity contribution in [1.29, 1.82) is 0 Å². The van der Waals surface area contributed by atoms with Crippen molar-refractivity contribution < 1.29 is 4.42 Å². The fraction of sp³-hybridized carbons (Fsp3) is 0. The highest BCUT2D eigenvalue weighted by molar-refractivity contribution is 7.26. The van der Waals surface area contributed by atoms with Crippen molar-refractivity contribution in [1.82, 2.24) is 4.57 Å². The Morgan fingerprint density at radius 2 is 1.14 bits per heavy atom. The largest absolute Gasteiger partial charge is 0.456 e. The van der Waals surface area contributed by atoms with E-state index in [4.69, 9.17) is 4.42 Å². The van der Waals surface area contributed by atoms with Crippen molar-refractivity contribution in [2.24, 2.45) is 0 Å². The van der Waals surface area contributed by atoms with Gasteiger partial charge in [-0.2, -0.15) is 0 Å². The summed E-state index contributed by atoms with van der Waals surface area (Å²) in [5, 5.41) is 9.78. The quantitative estimate of drug-likeness (QED) is 0.188. The van der Waals surface area contributed by atoms with Crippen LogP contribution in [0.4, 0.5) is 17.1 Å². The Hall–Kier alpha value is -6.36. The number of hydrogen-bond acceptors (Lipinski definition) is 3. The third-order valence-electron chi connectivity index (χ3n) is 10.2. The maximum atomic E-state index is 6.47. The van der Waals surface area contributed by atoms with Gasteiger partial charge in [0, 0.05) is 70.2 Å². The molecule has 3 heterocycles. The third-order valence-corrected chi connectivity index (χ3v) is 11.4. The van der Waals surface area contributed by atoms with E-state index >= 15 is 0 Å². The van der Waals surface area contributed by atoms with E-state index in [1.54, 1.807) is 0 Å². The molecule has 234 valence electrons. The van der Waals surface area contributed by atoms with Crippen molar-refractivity contribution in [3.05, 3.63) is 170 Å². The molecule has 0 unspecified atom stereocenters. The molecule has 0 bridgehead atoms. The summed E-state index contributed by atoms with van der Waals surface area (Å²) in [7, 11) is 0. The molecule has 0 aliphatic rings. The van der Waals surface area contributed by atoms with E-state index in [1.165, 1.54) is 47.2 Å². The number of rotatable bonds is 4. The smallest absolute Gasteiger partial charge is 0.137 e. The van der Waals surface area contributed by atoms with Gasteiger partial charge in [0.1, 0.15) is 11.2 Å². The summed E-state index contributed by atoms with van der Waals surface area (Å²) >= 11 is 1.88. The van der Waals surface area contributed by atoms with Crippen LogP contribution in [-0.4, -0.2) is 4.57 Å². The molecule has 11 aromatic rings. The second kappa shape index (κ2) is 10.6. The summed E-state index contributed by atoms with van der Waals surface area (Å²) in [6.45, 7) is 0. The normalized spacial score (nSPS) is 12.0. The molecule has 0 saturated carbocycles. The zero-order valence-corrected chi connectivity index (χ0v) is 27.7. The topological polar surface area (TPSA) is 21.3 Å². The lowest BCUT2D eigenvalue weighted by atomic mass is 10.0. The van der Waals surface area contributed by atoms with Gasteiger partial charge in [0.25, 0.3) is 0 Å². The molecule has 3 aromatic heterocycles. The van der Waals surface area contributed by atoms with Crippen LogP contribution in [0.2, 0.25) is 0 Å². The number of para-hydroxylation sites is 3. The predicted molar refractivity (Wildman–Crippen MR) is 213 cm³/mol. The van der Waals surface area contributed by atoms with Crippen LogP contribution in [0.25, 0.3) is 80.4 Å². The molecule has 0 N–H and O–H groups in total. The van der Waals surface area contributed by atoms with Gasteiger partial charge in [-0.25, -0.2) is 0 Å². The molecule has 0 saturated heterocycles. The fourth-order valence-corrected chi connectivity index (χ4v) is 9.18. The van der Waals surface area contributed by atoms with Crippen LogP contribution in [0.15, 0.2) is 174 Å². The van der Waals surface area contributed by atoms with E-state index in [0.29, 0.717) is 0 Å². The third kappa shape index (κ3) is 3.97.